The van der Waals surface area contributed by atoms with Crippen LogP contribution in [0.1, 0.15) is 12.0 Å². The zero-order valence-electron chi connectivity index (χ0n) is 10.5. The van der Waals surface area contributed by atoms with Crippen LogP contribution in [0, 0.1) is 0 Å². The van der Waals surface area contributed by atoms with Gasteiger partial charge in [-0.2, -0.15) is 0 Å². The number of carbonyl (C=O) groups is 2. The van der Waals surface area contributed by atoms with E-state index in [0.29, 0.717) is 5.56 Å². The molecular formula is C14H13NO4. The molecule has 1 aliphatic rings. The highest BCUT2D eigenvalue weighted by atomic mass is 16.6. The lowest BCUT2D eigenvalue weighted by Gasteiger charge is -2.16. The van der Waals surface area contributed by atoms with E-state index in [2.05, 4.69) is 16.3 Å². The van der Waals surface area contributed by atoms with Crippen molar-refractivity contribution in [1.82, 2.24) is 0 Å². The second kappa shape index (κ2) is 5.06. The van der Waals surface area contributed by atoms with Gasteiger partial charge in [0.05, 0.1) is 7.11 Å². The van der Waals surface area contributed by atoms with E-state index in [9.17, 15) is 9.59 Å². The predicted octanol–water partition coefficient (Wildman–Crippen LogP) is 1.48. The molecule has 1 unspecified atom stereocenters. The van der Waals surface area contributed by atoms with E-state index in [0.717, 1.165) is 0 Å². The lowest BCUT2D eigenvalue weighted by Crippen LogP contribution is -2.43. The number of ether oxygens (including phenoxy) is 2. The average Bonchev–Trinajstić information content (AvgIpc) is 2.78. The molecule has 1 aromatic rings. The van der Waals surface area contributed by atoms with Gasteiger partial charge in [0.25, 0.3) is 5.54 Å². The molecule has 98 valence electrons. The van der Waals surface area contributed by atoms with Gasteiger partial charge in [0.1, 0.15) is 0 Å². The first kappa shape index (κ1) is 13.0. The minimum absolute atomic E-state index is 0.0365. The third-order valence-electron chi connectivity index (χ3n) is 2.80. The third kappa shape index (κ3) is 2.14. The average molecular weight is 259 g/mol. The molecule has 0 N–H and O–H groups in total. The number of cyclic esters (lactones) is 1. The van der Waals surface area contributed by atoms with Gasteiger partial charge in [-0.05, 0) is 12.1 Å². The monoisotopic (exact) mass is 259 g/mol. The van der Waals surface area contributed by atoms with Crippen molar-refractivity contribution in [3.8, 4) is 0 Å². The van der Waals surface area contributed by atoms with Crippen LogP contribution in [0.15, 0.2) is 48.0 Å². The summed E-state index contributed by atoms with van der Waals surface area (Å²) in [5.41, 5.74) is -1.03. The van der Waals surface area contributed by atoms with E-state index in [4.69, 9.17) is 4.74 Å². The van der Waals surface area contributed by atoms with E-state index >= 15 is 0 Å². The normalized spacial score (nSPS) is 21.5. The maximum atomic E-state index is 12.0. The molecule has 1 atom stereocenters. The van der Waals surface area contributed by atoms with E-state index in [-0.39, 0.29) is 12.3 Å². The predicted molar refractivity (Wildman–Crippen MR) is 68.6 cm³/mol. The highest BCUT2D eigenvalue weighted by molar-refractivity contribution is 6.17. The Bertz CT molecular complexity index is 550. The highest BCUT2D eigenvalue weighted by Gasteiger charge is 2.53. The van der Waals surface area contributed by atoms with Crippen LogP contribution in [0.3, 0.4) is 0 Å². The second-order valence-electron chi connectivity index (χ2n) is 4.02. The molecule has 0 bridgehead atoms. The molecule has 0 aromatic heterocycles. The highest BCUT2D eigenvalue weighted by Crippen LogP contribution is 2.28. The zero-order chi connectivity index (χ0) is 13.9. The summed E-state index contributed by atoms with van der Waals surface area (Å²) in [4.78, 5) is 28.0. The summed E-state index contributed by atoms with van der Waals surface area (Å²) < 4.78 is 9.75. The molecule has 1 aliphatic heterocycles. The summed E-state index contributed by atoms with van der Waals surface area (Å²) in [6.07, 6.45) is 1.48. The lowest BCUT2D eigenvalue weighted by atomic mass is 9.97. The van der Waals surface area contributed by atoms with E-state index in [1.807, 2.05) is 6.07 Å². The van der Waals surface area contributed by atoms with Crippen LogP contribution >= 0.6 is 0 Å². The molecule has 0 saturated carbocycles. The minimum atomic E-state index is -1.67. The molecule has 0 fully saturated rings. The standard InChI is InChI=1S/C14H13NO4/c1-3-9-14(12(16)18-2)13(17)19-11(15-14)10-7-5-4-6-8-10/h3-8H,1,9H2,2H3. The number of esters is 2. The molecule has 5 heteroatoms. The van der Waals surface area contributed by atoms with Gasteiger partial charge in [0.2, 0.25) is 5.90 Å². The van der Waals surface area contributed by atoms with Gasteiger partial charge in [0.15, 0.2) is 0 Å². The first-order valence-corrected chi connectivity index (χ1v) is 5.71. The van der Waals surface area contributed by atoms with E-state index in [1.54, 1.807) is 24.3 Å². The van der Waals surface area contributed by atoms with Crippen LogP contribution in [0.2, 0.25) is 0 Å². The molecule has 1 aromatic carbocycles. The topological polar surface area (TPSA) is 65.0 Å². The number of rotatable bonds is 4. The zero-order valence-corrected chi connectivity index (χ0v) is 10.5. The molecule has 2 rings (SSSR count). The summed E-state index contributed by atoms with van der Waals surface area (Å²) in [6, 6.07) is 8.90. The Morgan fingerprint density at radius 1 is 1.47 bits per heavy atom. The number of carbonyl (C=O) groups excluding carboxylic acids is 2. The summed E-state index contributed by atoms with van der Waals surface area (Å²) in [5.74, 6) is -1.36. The Hall–Kier alpha value is -2.43. The van der Waals surface area contributed by atoms with Crippen LogP contribution in [0.25, 0.3) is 0 Å². The van der Waals surface area contributed by atoms with Gasteiger partial charge in [0, 0.05) is 12.0 Å². The number of hydrogen-bond acceptors (Lipinski definition) is 5. The van der Waals surface area contributed by atoms with Crippen LogP contribution in [-0.4, -0.2) is 30.5 Å². The molecule has 0 radical (unpaired) electrons. The van der Waals surface area contributed by atoms with Crippen molar-refractivity contribution >= 4 is 17.8 Å². The van der Waals surface area contributed by atoms with Crippen molar-refractivity contribution in [3.63, 3.8) is 0 Å². The summed E-state index contributed by atoms with van der Waals surface area (Å²) in [5, 5.41) is 0. The molecule has 0 aliphatic carbocycles. The Kier molecular flexibility index (Phi) is 3.46. The molecule has 5 nitrogen and oxygen atoms in total. The van der Waals surface area contributed by atoms with Crippen molar-refractivity contribution < 1.29 is 19.1 Å². The van der Waals surface area contributed by atoms with Crippen molar-refractivity contribution in [2.45, 2.75) is 12.0 Å². The fourth-order valence-electron chi connectivity index (χ4n) is 1.84. The van der Waals surface area contributed by atoms with Gasteiger partial charge in [-0.15, -0.1) is 6.58 Å². The van der Waals surface area contributed by atoms with Crippen molar-refractivity contribution in [1.29, 1.82) is 0 Å². The van der Waals surface area contributed by atoms with Crippen molar-refractivity contribution in [3.05, 3.63) is 48.6 Å². The number of aliphatic imine (C=N–C) groups is 1. The fourth-order valence-corrected chi connectivity index (χ4v) is 1.84. The summed E-state index contributed by atoms with van der Waals surface area (Å²) in [7, 11) is 1.20. The Morgan fingerprint density at radius 2 is 2.16 bits per heavy atom. The largest absolute Gasteiger partial charge is 0.467 e. The quantitative estimate of drug-likeness (QED) is 0.466. The summed E-state index contributed by atoms with van der Waals surface area (Å²) in [6.45, 7) is 3.53. The van der Waals surface area contributed by atoms with Crippen molar-refractivity contribution in [2.24, 2.45) is 4.99 Å². The van der Waals surface area contributed by atoms with Crippen LogP contribution in [0.4, 0.5) is 0 Å². The van der Waals surface area contributed by atoms with Crippen LogP contribution < -0.4 is 0 Å². The van der Waals surface area contributed by atoms with E-state index in [1.165, 1.54) is 13.2 Å². The number of benzene rings is 1. The van der Waals surface area contributed by atoms with Crippen LogP contribution in [-0.2, 0) is 19.1 Å². The Balaban J connectivity index is 2.45. The maximum absolute atomic E-state index is 12.0. The molecule has 0 saturated heterocycles. The molecule has 1 heterocycles. The van der Waals surface area contributed by atoms with Crippen LogP contribution in [0.5, 0.6) is 0 Å². The smallest absolute Gasteiger partial charge is 0.352 e. The molecule has 0 amide bonds. The van der Waals surface area contributed by atoms with Gasteiger partial charge in [-0.1, -0.05) is 24.3 Å². The summed E-state index contributed by atoms with van der Waals surface area (Å²) >= 11 is 0. The number of hydrogen-bond donors (Lipinski definition) is 0. The first-order chi connectivity index (χ1) is 9.14. The second-order valence-corrected chi connectivity index (χ2v) is 4.02. The Labute approximate surface area is 110 Å². The van der Waals surface area contributed by atoms with Gasteiger partial charge in [-0.25, -0.2) is 14.6 Å². The Morgan fingerprint density at radius 3 is 2.74 bits per heavy atom. The van der Waals surface area contributed by atoms with E-state index < -0.39 is 17.5 Å². The molecule has 0 spiro atoms. The molecular weight excluding hydrogens is 246 g/mol. The third-order valence-corrected chi connectivity index (χ3v) is 2.80. The number of methoxy groups -OCH3 is 1. The van der Waals surface area contributed by atoms with Gasteiger partial charge < -0.3 is 9.47 Å². The number of nitrogens with zero attached hydrogens (tertiary/aromatic N) is 1. The lowest BCUT2D eigenvalue weighted by molar-refractivity contribution is -0.155. The fraction of sp³-hybridized carbons (Fsp3) is 0.214. The first-order valence-electron chi connectivity index (χ1n) is 5.71. The van der Waals surface area contributed by atoms with Gasteiger partial charge >= 0.3 is 11.9 Å². The SMILES string of the molecule is C=CCC1(C(=O)OC)N=C(c2ccccc2)OC1=O. The minimum Gasteiger partial charge on any atom is -0.467 e. The van der Waals surface area contributed by atoms with Crippen molar-refractivity contribution in [2.75, 3.05) is 7.11 Å². The van der Waals surface area contributed by atoms with Gasteiger partial charge in [-0.3, -0.25) is 0 Å². The maximum Gasteiger partial charge on any atom is 0.352 e. The molecule has 19 heavy (non-hydrogen) atoms.